The van der Waals surface area contributed by atoms with Crippen molar-refractivity contribution in [2.75, 3.05) is 0 Å². The minimum absolute atomic E-state index is 0.469. The van der Waals surface area contributed by atoms with Crippen LogP contribution in [-0.4, -0.2) is 4.86 Å². The highest BCUT2D eigenvalue weighted by molar-refractivity contribution is 7.80. The van der Waals surface area contributed by atoms with Crippen molar-refractivity contribution in [3.8, 4) is 0 Å². The first-order chi connectivity index (χ1) is 6.68. The summed E-state index contributed by atoms with van der Waals surface area (Å²) in [6.07, 6.45) is 0. The molecule has 2 aromatic rings. The lowest BCUT2D eigenvalue weighted by Gasteiger charge is -2.00. The summed E-state index contributed by atoms with van der Waals surface area (Å²) in [5.41, 5.74) is 1.64. The third-order valence-electron chi connectivity index (χ3n) is 2.02. The molecule has 0 aliphatic heterocycles. The molecule has 1 aromatic carbocycles. The van der Waals surface area contributed by atoms with Crippen molar-refractivity contribution in [2.45, 2.75) is 6.92 Å². The molecule has 70 valence electrons. The lowest BCUT2D eigenvalue weighted by Crippen LogP contribution is -1.91. The number of para-hydroxylation sites is 1. The Morgan fingerprint density at radius 3 is 2.71 bits per heavy atom. The van der Waals surface area contributed by atoms with E-state index in [9.17, 15) is 0 Å². The zero-order valence-corrected chi connectivity index (χ0v) is 9.24. The van der Waals surface area contributed by atoms with Crippen molar-refractivity contribution in [3.05, 3.63) is 40.6 Å². The van der Waals surface area contributed by atoms with Crippen LogP contribution in [0.15, 0.2) is 34.7 Å². The van der Waals surface area contributed by atoms with E-state index in [1.54, 1.807) is 0 Å². The first kappa shape index (κ1) is 9.49. The Morgan fingerprint density at radius 1 is 1.29 bits per heavy atom. The highest BCUT2D eigenvalue weighted by atomic mass is 32.1. The van der Waals surface area contributed by atoms with E-state index in [0.717, 1.165) is 21.4 Å². The summed E-state index contributed by atoms with van der Waals surface area (Å²) in [6, 6.07) is 9.74. The van der Waals surface area contributed by atoms with Crippen molar-refractivity contribution in [1.82, 2.24) is 0 Å². The maximum Gasteiger partial charge on any atom is 0.199 e. The van der Waals surface area contributed by atoms with Crippen molar-refractivity contribution >= 4 is 40.3 Å². The van der Waals surface area contributed by atoms with Gasteiger partial charge in [0.25, 0.3) is 0 Å². The summed E-state index contributed by atoms with van der Waals surface area (Å²) in [7, 11) is 0. The Labute approximate surface area is 92.4 Å². The van der Waals surface area contributed by atoms with Crippen LogP contribution in [0.25, 0.3) is 11.0 Å². The topological polar surface area (TPSA) is 13.1 Å². The average molecular weight is 220 g/mol. The second-order valence-electron chi connectivity index (χ2n) is 3.04. The molecule has 0 unspecified atom stereocenters. The maximum atomic E-state index is 5.48. The molecule has 0 saturated carbocycles. The molecule has 2 rings (SSSR count). The summed E-state index contributed by atoms with van der Waals surface area (Å²) < 4.78 is 5.95. The molecular formula is C11H8OS2. The monoisotopic (exact) mass is 220 g/mol. The molecule has 0 atom stereocenters. The van der Waals surface area contributed by atoms with Gasteiger partial charge in [-0.15, -0.1) is 0 Å². The van der Waals surface area contributed by atoms with E-state index in [1.807, 2.05) is 37.3 Å². The quantitative estimate of drug-likeness (QED) is 0.534. The van der Waals surface area contributed by atoms with Gasteiger partial charge in [-0.2, -0.15) is 0 Å². The second kappa shape index (κ2) is 3.59. The number of thiocarbonyl (C=S) groups is 1. The van der Waals surface area contributed by atoms with Gasteiger partial charge in [-0.3, -0.25) is 0 Å². The van der Waals surface area contributed by atoms with Crippen LogP contribution >= 0.6 is 24.4 Å². The van der Waals surface area contributed by atoms with Crippen LogP contribution in [0.3, 0.4) is 0 Å². The Hall–Kier alpha value is -1.06. The fourth-order valence-corrected chi connectivity index (χ4v) is 1.83. The van der Waals surface area contributed by atoms with Crippen LogP contribution in [-0.2, 0) is 0 Å². The number of hydrogen-bond acceptors (Lipinski definition) is 3. The van der Waals surface area contributed by atoms with E-state index in [4.69, 9.17) is 28.9 Å². The lowest BCUT2D eigenvalue weighted by molar-refractivity contribution is 0.585. The van der Waals surface area contributed by atoms with Crippen molar-refractivity contribution in [3.63, 3.8) is 0 Å². The predicted octanol–water partition coefficient (Wildman–Crippen LogP) is 3.90. The van der Waals surface area contributed by atoms with Gasteiger partial charge < -0.3 is 4.42 Å². The fraction of sp³-hybridized carbons (Fsp3) is 0.0909. The Morgan fingerprint density at radius 2 is 2.00 bits per heavy atom. The third kappa shape index (κ3) is 1.61. The number of rotatable bonds is 1. The Bertz CT molecular complexity index is 554. The Kier molecular flexibility index (Phi) is 2.44. The molecule has 0 bridgehead atoms. The molecule has 0 amide bonds. The standard InChI is InChI=1S/C11H8OS2/c1-7(13)9-6-8-4-2-3-5-10(8)12-11(9)14/h2-6H,1H3. The fourth-order valence-electron chi connectivity index (χ4n) is 1.31. The van der Waals surface area contributed by atoms with E-state index in [-0.39, 0.29) is 0 Å². The molecule has 0 saturated heterocycles. The van der Waals surface area contributed by atoms with Gasteiger partial charge in [0, 0.05) is 15.8 Å². The van der Waals surface area contributed by atoms with Crippen LogP contribution < -0.4 is 0 Å². The van der Waals surface area contributed by atoms with Crippen LogP contribution in [0.5, 0.6) is 0 Å². The number of fused-ring (bicyclic) bond motifs is 1. The van der Waals surface area contributed by atoms with Gasteiger partial charge in [-0.1, -0.05) is 30.4 Å². The average Bonchev–Trinajstić information content (AvgIpc) is 2.16. The molecule has 0 radical (unpaired) electrons. The predicted molar refractivity (Wildman–Crippen MR) is 64.4 cm³/mol. The molecule has 1 heterocycles. The van der Waals surface area contributed by atoms with Gasteiger partial charge in [0.1, 0.15) is 5.58 Å². The van der Waals surface area contributed by atoms with Gasteiger partial charge in [-0.25, -0.2) is 0 Å². The molecule has 1 nitrogen and oxygen atoms in total. The van der Waals surface area contributed by atoms with E-state index < -0.39 is 0 Å². The van der Waals surface area contributed by atoms with Gasteiger partial charge in [-0.05, 0) is 31.3 Å². The van der Waals surface area contributed by atoms with Crippen molar-refractivity contribution < 1.29 is 4.42 Å². The van der Waals surface area contributed by atoms with E-state index in [0.29, 0.717) is 4.71 Å². The minimum atomic E-state index is 0.469. The summed E-state index contributed by atoms with van der Waals surface area (Å²) >= 11 is 10.2. The van der Waals surface area contributed by atoms with Gasteiger partial charge >= 0.3 is 0 Å². The van der Waals surface area contributed by atoms with Crippen LogP contribution in [0.2, 0.25) is 0 Å². The second-order valence-corrected chi connectivity index (χ2v) is 4.02. The molecule has 0 aliphatic carbocycles. The number of hydrogen-bond donors (Lipinski definition) is 0. The van der Waals surface area contributed by atoms with Gasteiger partial charge in [0.2, 0.25) is 0 Å². The number of benzene rings is 1. The Balaban J connectivity index is 2.84. The van der Waals surface area contributed by atoms with Crippen LogP contribution in [0.1, 0.15) is 12.5 Å². The summed E-state index contributed by atoms with van der Waals surface area (Å²) in [5, 5.41) is 1.03. The smallest absolute Gasteiger partial charge is 0.199 e. The molecule has 0 fully saturated rings. The zero-order chi connectivity index (χ0) is 10.1. The normalized spacial score (nSPS) is 10.4. The van der Waals surface area contributed by atoms with Crippen LogP contribution in [0, 0.1) is 4.71 Å². The molecule has 0 N–H and O–H groups in total. The first-order valence-electron chi connectivity index (χ1n) is 4.22. The lowest BCUT2D eigenvalue weighted by atomic mass is 10.1. The largest absolute Gasteiger partial charge is 0.445 e. The van der Waals surface area contributed by atoms with E-state index in [1.165, 1.54) is 0 Å². The molecular weight excluding hydrogens is 212 g/mol. The minimum Gasteiger partial charge on any atom is -0.445 e. The van der Waals surface area contributed by atoms with E-state index >= 15 is 0 Å². The highest BCUT2D eigenvalue weighted by Crippen LogP contribution is 2.17. The van der Waals surface area contributed by atoms with Gasteiger partial charge in [0.15, 0.2) is 4.71 Å². The first-order valence-corrected chi connectivity index (χ1v) is 5.04. The molecule has 1 aromatic heterocycles. The molecule has 0 aliphatic rings. The summed E-state index contributed by atoms with van der Waals surface area (Å²) in [6.45, 7) is 1.85. The van der Waals surface area contributed by atoms with Gasteiger partial charge in [0.05, 0.1) is 0 Å². The summed E-state index contributed by atoms with van der Waals surface area (Å²) in [5.74, 6) is 0. The van der Waals surface area contributed by atoms with Crippen molar-refractivity contribution in [1.29, 1.82) is 0 Å². The zero-order valence-electron chi connectivity index (χ0n) is 7.61. The third-order valence-corrected chi connectivity index (χ3v) is 2.54. The molecule has 14 heavy (non-hydrogen) atoms. The molecule has 3 heteroatoms. The highest BCUT2D eigenvalue weighted by Gasteiger charge is 2.02. The van der Waals surface area contributed by atoms with Crippen molar-refractivity contribution in [2.24, 2.45) is 0 Å². The maximum absolute atomic E-state index is 5.48. The van der Waals surface area contributed by atoms with Crippen LogP contribution in [0.4, 0.5) is 0 Å². The molecule has 0 spiro atoms. The summed E-state index contributed by atoms with van der Waals surface area (Å²) in [4.78, 5) is 0.768. The SMILES string of the molecule is CC(=S)c1cc2ccccc2oc1=S. The van der Waals surface area contributed by atoms with E-state index in [2.05, 4.69) is 0 Å².